The van der Waals surface area contributed by atoms with Crippen LogP contribution in [0.4, 0.5) is 0 Å². The van der Waals surface area contributed by atoms with E-state index in [1.54, 1.807) is 0 Å². The second kappa shape index (κ2) is 4.93. The van der Waals surface area contributed by atoms with Gasteiger partial charge in [0.05, 0.1) is 0 Å². The highest BCUT2D eigenvalue weighted by Gasteiger charge is 2.28. The molecule has 0 aromatic heterocycles. The van der Waals surface area contributed by atoms with Gasteiger partial charge in [0.25, 0.3) is 0 Å². The Morgan fingerprint density at radius 1 is 1.50 bits per heavy atom. The largest absolute Gasteiger partial charge is 0.479 e. The normalized spacial score (nSPS) is 16.2. The van der Waals surface area contributed by atoms with Gasteiger partial charge in [-0.05, 0) is 26.2 Å². The van der Waals surface area contributed by atoms with E-state index in [1.165, 1.54) is 6.92 Å². The molecule has 0 amide bonds. The SMILES string of the molecule is CC/C=C/CCC(C)(O)C(=O)O. The molecule has 3 nitrogen and oxygen atoms in total. The molecule has 0 aliphatic rings. The molecular formula is C9H16O3. The summed E-state index contributed by atoms with van der Waals surface area (Å²) in [5, 5.41) is 17.8. The topological polar surface area (TPSA) is 57.5 Å². The number of carboxylic acid groups (broad SMARTS) is 1. The maximum absolute atomic E-state index is 10.4. The van der Waals surface area contributed by atoms with E-state index in [2.05, 4.69) is 0 Å². The number of carbonyl (C=O) groups is 1. The van der Waals surface area contributed by atoms with Gasteiger partial charge < -0.3 is 10.2 Å². The third kappa shape index (κ3) is 4.13. The molecule has 12 heavy (non-hydrogen) atoms. The van der Waals surface area contributed by atoms with Crippen LogP contribution in [-0.4, -0.2) is 21.8 Å². The summed E-state index contributed by atoms with van der Waals surface area (Å²) in [6.45, 7) is 3.32. The molecule has 2 N–H and O–H groups in total. The van der Waals surface area contributed by atoms with Gasteiger partial charge in [-0.15, -0.1) is 0 Å². The molecule has 0 aliphatic heterocycles. The minimum Gasteiger partial charge on any atom is -0.479 e. The van der Waals surface area contributed by atoms with Crippen molar-refractivity contribution in [2.45, 2.75) is 38.7 Å². The number of aliphatic carboxylic acids is 1. The smallest absolute Gasteiger partial charge is 0.335 e. The van der Waals surface area contributed by atoms with Crippen LogP contribution in [0.25, 0.3) is 0 Å². The monoisotopic (exact) mass is 172 g/mol. The third-order valence-corrected chi connectivity index (χ3v) is 1.66. The molecule has 0 bridgehead atoms. The lowest BCUT2D eigenvalue weighted by Gasteiger charge is -2.15. The van der Waals surface area contributed by atoms with Crippen LogP contribution in [0.5, 0.6) is 0 Å². The second-order valence-corrected chi connectivity index (χ2v) is 3.00. The average molecular weight is 172 g/mol. The van der Waals surface area contributed by atoms with Gasteiger partial charge in [-0.1, -0.05) is 19.1 Å². The number of rotatable bonds is 5. The highest BCUT2D eigenvalue weighted by atomic mass is 16.4. The lowest BCUT2D eigenvalue weighted by molar-refractivity contribution is -0.157. The maximum atomic E-state index is 10.4. The van der Waals surface area contributed by atoms with Crippen LogP contribution in [0.3, 0.4) is 0 Å². The van der Waals surface area contributed by atoms with E-state index in [4.69, 9.17) is 5.11 Å². The van der Waals surface area contributed by atoms with Crippen LogP contribution in [0.2, 0.25) is 0 Å². The fourth-order valence-corrected chi connectivity index (χ4v) is 0.756. The van der Waals surface area contributed by atoms with Crippen LogP contribution in [0.15, 0.2) is 12.2 Å². The Morgan fingerprint density at radius 3 is 2.50 bits per heavy atom. The van der Waals surface area contributed by atoms with Crippen LogP contribution < -0.4 is 0 Å². The van der Waals surface area contributed by atoms with Crippen molar-refractivity contribution < 1.29 is 15.0 Å². The molecule has 0 aromatic rings. The molecule has 0 fully saturated rings. The Balaban J connectivity index is 3.76. The first kappa shape index (κ1) is 11.2. The van der Waals surface area contributed by atoms with E-state index in [-0.39, 0.29) is 6.42 Å². The molecule has 0 saturated carbocycles. The quantitative estimate of drug-likeness (QED) is 0.619. The second-order valence-electron chi connectivity index (χ2n) is 3.00. The molecule has 1 atom stereocenters. The molecule has 0 heterocycles. The lowest BCUT2D eigenvalue weighted by atomic mass is 10.0. The Labute approximate surface area is 72.7 Å². The fourth-order valence-electron chi connectivity index (χ4n) is 0.756. The molecule has 3 heteroatoms. The summed E-state index contributed by atoms with van der Waals surface area (Å²) in [5.74, 6) is -1.16. The van der Waals surface area contributed by atoms with Crippen molar-refractivity contribution in [2.24, 2.45) is 0 Å². The highest BCUT2D eigenvalue weighted by Crippen LogP contribution is 2.12. The summed E-state index contributed by atoms with van der Waals surface area (Å²) in [7, 11) is 0. The fraction of sp³-hybridized carbons (Fsp3) is 0.667. The zero-order valence-electron chi connectivity index (χ0n) is 7.58. The number of hydrogen-bond donors (Lipinski definition) is 2. The Kier molecular flexibility index (Phi) is 4.59. The predicted octanol–water partition coefficient (Wildman–Crippen LogP) is 1.57. The third-order valence-electron chi connectivity index (χ3n) is 1.66. The van der Waals surface area contributed by atoms with Crippen molar-refractivity contribution in [1.82, 2.24) is 0 Å². The Hall–Kier alpha value is -0.830. The van der Waals surface area contributed by atoms with E-state index < -0.39 is 11.6 Å². The van der Waals surface area contributed by atoms with Crippen LogP contribution in [0.1, 0.15) is 33.1 Å². The standard InChI is InChI=1S/C9H16O3/c1-3-4-5-6-7-9(2,12)8(10)11/h4-5,12H,3,6-7H2,1-2H3,(H,10,11)/b5-4+. The van der Waals surface area contributed by atoms with Gasteiger partial charge in [-0.2, -0.15) is 0 Å². The van der Waals surface area contributed by atoms with Crippen LogP contribution in [-0.2, 0) is 4.79 Å². The molecule has 0 radical (unpaired) electrons. The molecule has 0 aromatic carbocycles. The zero-order valence-corrected chi connectivity index (χ0v) is 7.58. The minimum atomic E-state index is -1.59. The maximum Gasteiger partial charge on any atom is 0.335 e. The van der Waals surface area contributed by atoms with Gasteiger partial charge in [0.2, 0.25) is 0 Å². The van der Waals surface area contributed by atoms with Crippen molar-refractivity contribution >= 4 is 5.97 Å². The molecule has 0 spiro atoms. The molecule has 0 aliphatic carbocycles. The Morgan fingerprint density at radius 2 is 2.08 bits per heavy atom. The molecular weight excluding hydrogens is 156 g/mol. The van der Waals surface area contributed by atoms with Gasteiger partial charge in [0, 0.05) is 0 Å². The van der Waals surface area contributed by atoms with Gasteiger partial charge in [-0.25, -0.2) is 4.79 Å². The first-order valence-electron chi connectivity index (χ1n) is 4.11. The summed E-state index contributed by atoms with van der Waals surface area (Å²) in [6.07, 6.45) is 5.65. The van der Waals surface area contributed by atoms with E-state index in [0.29, 0.717) is 6.42 Å². The van der Waals surface area contributed by atoms with E-state index >= 15 is 0 Å². The lowest BCUT2D eigenvalue weighted by Crippen LogP contribution is -2.34. The highest BCUT2D eigenvalue weighted by molar-refractivity contribution is 5.76. The summed E-state index contributed by atoms with van der Waals surface area (Å²) in [6, 6.07) is 0. The van der Waals surface area contributed by atoms with Crippen LogP contribution in [0, 0.1) is 0 Å². The summed E-state index contributed by atoms with van der Waals surface area (Å²) in [5.41, 5.74) is -1.59. The molecule has 70 valence electrons. The number of carboxylic acids is 1. The van der Waals surface area contributed by atoms with Crippen molar-refractivity contribution in [3.63, 3.8) is 0 Å². The van der Waals surface area contributed by atoms with Gasteiger partial charge in [0.15, 0.2) is 5.60 Å². The summed E-state index contributed by atoms with van der Waals surface area (Å²) >= 11 is 0. The Bertz CT molecular complexity index is 171. The van der Waals surface area contributed by atoms with Gasteiger partial charge in [0.1, 0.15) is 0 Å². The number of allylic oxidation sites excluding steroid dienone is 2. The molecule has 0 saturated heterocycles. The van der Waals surface area contributed by atoms with Crippen LogP contribution >= 0.6 is 0 Å². The minimum absolute atomic E-state index is 0.263. The summed E-state index contributed by atoms with van der Waals surface area (Å²) < 4.78 is 0. The van der Waals surface area contributed by atoms with E-state index in [9.17, 15) is 9.90 Å². The predicted molar refractivity (Wildman–Crippen MR) is 46.9 cm³/mol. The van der Waals surface area contributed by atoms with Gasteiger partial charge >= 0.3 is 5.97 Å². The van der Waals surface area contributed by atoms with Gasteiger partial charge in [-0.3, -0.25) is 0 Å². The first-order valence-corrected chi connectivity index (χ1v) is 4.11. The van der Waals surface area contributed by atoms with E-state index in [1.807, 2.05) is 19.1 Å². The van der Waals surface area contributed by atoms with Crippen molar-refractivity contribution in [2.75, 3.05) is 0 Å². The summed E-state index contributed by atoms with van der Waals surface area (Å²) in [4.78, 5) is 10.4. The number of hydrogen-bond acceptors (Lipinski definition) is 2. The average Bonchev–Trinajstić information content (AvgIpc) is 1.98. The zero-order chi connectivity index (χ0) is 9.61. The molecule has 1 unspecified atom stereocenters. The van der Waals surface area contributed by atoms with Crippen molar-refractivity contribution in [3.05, 3.63) is 12.2 Å². The van der Waals surface area contributed by atoms with E-state index in [0.717, 1.165) is 6.42 Å². The van der Waals surface area contributed by atoms with Crippen molar-refractivity contribution in [1.29, 1.82) is 0 Å². The number of aliphatic hydroxyl groups is 1. The van der Waals surface area contributed by atoms with Crippen molar-refractivity contribution in [3.8, 4) is 0 Å². The first-order chi connectivity index (χ1) is 5.50. The molecule has 0 rings (SSSR count).